The molecule has 0 radical (unpaired) electrons. The minimum absolute atomic E-state index is 0.0432. The smallest absolute Gasteiger partial charge is 0.242 e. The number of nitrogens with two attached hydrogens (primary N) is 1. The van der Waals surface area contributed by atoms with Crippen molar-refractivity contribution in [3.8, 4) is 16.9 Å². The molecule has 1 heterocycles. The molecule has 0 fully saturated rings. The Balaban J connectivity index is 2.28. The first-order chi connectivity index (χ1) is 14.2. The van der Waals surface area contributed by atoms with Gasteiger partial charge in [-0.1, -0.05) is 12.1 Å². The first-order valence-corrected chi connectivity index (χ1v) is 10.9. The van der Waals surface area contributed by atoms with Gasteiger partial charge in [-0.15, -0.1) is 0 Å². The fourth-order valence-electron chi connectivity index (χ4n) is 3.52. The molecule has 0 spiro atoms. The molecule has 1 aromatic heterocycles. The summed E-state index contributed by atoms with van der Waals surface area (Å²) in [4.78, 5) is 0.197. The Bertz CT molecular complexity index is 1210. The molecule has 30 heavy (non-hydrogen) atoms. The van der Waals surface area contributed by atoms with Crippen LogP contribution in [-0.4, -0.2) is 45.0 Å². The van der Waals surface area contributed by atoms with Crippen molar-refractivity contribution in [3.63, 3.8) is 0 Å². The zero-order chi connectivity index (χ0) is 22.1. The van der Waals surface area contributed by atoms with Crippen LogP contribution in [0.3, 0.4) is 0 Å². The average molecular weight is 432 g/mol. The van der Waals surface area contributed by atoms with Crippen LogP contribution in [0.1, 0.15) is 5.69 Å². The van der Waals surface area contributed by atoms with Crippen LogP contribution in [0.2, 0.25) is 0 Å². The monoisotopic (exact) mass is 431 g/mol. The van der Waals surface area contributed by atoms with Crippen LogP contribution in [0, 0.1) is 6.92 Å². The van der Waals surface area contributed by atoms with E-state index in [1.807, 2.05) is 35.8 Å². The lowest BCUT2D eigenvalue weighted by molar-refractivity contribution is 0.415. The molecular formula is C22H26FN3O3S. The molecule has 0 aliphatic rings. The highest BCUT2D eigenvalue weighted by molar-refractivity contribution is 7.89. The number of rotatable bonds is 7. The van der Waals surface area contributed by atoms with E-state index in [1.54, 1.807) is 25.3 Å². The third kappa shape index (κ3) is 3.98. The molecule has 3 rings (SSSR count). The van der Waals surface area contributed by atoms with Gasteiger partial charge in [0.2, 0.25) is 10.0 Å². The summed E-state index contributed by atoms with van der Waals surface area (Å²) >= 11 is 0. The summed E-state index contributed by atoms with van der Waals surface area (Å²) in [5.41, 5.74) is 8.65. The molecule has 3 aromatic rings. The number of fused-ring (bicyclic) bond motifs is 1. The van der Waals surface area contributed by atoms with Crippen LogP contribution in [0.4, 0.5) is 4.39 Å². The Morgan fingerprint density at radius 1 is 1.23 bits per heavy atom. The molecule has 2 N–H and O–H groups in total. The highest BCUT2D eigenvalue weighted by atomic mass is 32.2. The van der Waals surface area contributed by atoms with E-state index in [9.17, 15) is 12.8 Å². The van der Waals surface area contributed by atoms with Crippen LogP contribution in [-0.2, 0) is 16.6 Å². The van der Waals surface area contributed by atoms with Crippen molar-refractivity contribution in [2.24, 2.45) is 5.73 Å². The van der Waals surface area contributed by atoms with Gasteiger partial charge in [-0.2, -0.15) is 0 Å². The summed E-state index contributed by atoms with van der Waals surface area (Å²) in [6.07, 6.45) is 1.35. The van der Waals surface area contributed by atoms with E-state index in [1.165, 1.54) is 24.5 Å². The van der Waals surface area contributed by atoms with Crippen LogP contribution in [0.25, 0.3) is 22.0 Å². The van der Waals surface area contributed by atoms with E-state index < -0.39 is 10.0 Å². The molecule has 0 saturated heterocycles. The van der Waals surface area contributed by atoms with Crippen LogP contribution in [0.5, 0.6) is 5.75 Å². The van der Waals surface area contributed by atoms with Gasteiger partial charge in [0, 0.05) is 42.8 Å². The lowest BCUT2D eigenvalue weighted by Gasteiger charge is -2.13. The van der Waals surface area contributed by atoms with Crippen molar-refractivity contribution in [1.29, 1.82) is 0 Å². The molecule has 8 heteroatoms. The van der Waals surface area contributed by atoms with E-state index in [0.717, 1.165) is 27.7 Å². The number of aromatic nitrogens is 1. The molecule has 0 amide bonds. The Hall–Kier alpha value is -2.68. The van der Waals surface area contributed by atoms with Gasteiger partial charge in [0.15, 0.2) is 0 Å². The predicted molar refractivity (Wildman–Crippen MR) is 118 cm³/mol. The lowest BCUT2D eigenvalue weighted by Crippen LogP contribution is -2.22. The van der Waals surface area contributed by atoms with E-state index in [2.05, 4.69) is 0 Å². The van der Waals surface area contributed by atoms with Crippen LogP contribution >= 0.6 is 0 Å². The number of hydrogen-bond donors (Lipinski definition) is 1. The van der Waals surface area contributed by atoms with E-state index in [0.29, 0.717) is 5.75 Å². The number of benzene rings is 2. The highest BCUT2D eigenvalue weighted by Gasteiger charge is 2.21. The Morgan fingerprint density at radius 3 is 2.60 bits per heavy atom. The van der Waals surface area contributed by atoms with Gasteiger partial charge in [0.05, 0.1) is 18.6 Å². The summed E-state index contributed by atoms with van der Waals surface area (Å²) in [6.45, 7) is 2.06. The van der Waals surface area contributed by atoms with Crippen molar-refractivity contribution in [1.82, 2.24) is 8.87 Å². The molecular weight excluding hydrogens is 405 g/mol. The van der Waals surface area contributed by atoms with Crippen molar-refractivity contribution < 1.29 is 17.5 Å². The molecule has 2 aromatic carbocycles. The normalized spacial score (nSPS) is 12.7. The minimum atomic E-state index is -3.59. The van der Waals surface area contributed by atoms with Gasteiger partial charge in [0.1, 0.15) is 11.6 Å². The molecule has 0 aliphatic carbocycles. The maximum atomic E-state index is 14.3. The fourth-order valence-corrected chi connectivity index (χ4v) is 4.47. The van der Waals surface area contributed by atoms with E-state index >= 15 is 0 Å². The third-order valence-electron chi connectivity index (χ3n) is 5.08. The Morgan fingerprint density at radius 2 is 1.97 bits per heavy atom. The highest BCUT2D eigenvalue weighted by Crippen LogP contribution is 2.38. The first kappa shape index (κ1) is 22.0. The summed E-state index contributed by atoms with van der Waals surface area (Å²) in [7, 11) is 0.988. The van der Waals surface area contributed by atoms with Gasteiger partial charge in [-0.05, 0) is 48.9 Å². The Labute approximate surface area is 176 Å². The van der Waals surface area contributed by atoms with E-state index in [4.69, 9.17) is 10.5 Å². The number of halogens is 1. The minimum Gasteiger partial charge on any atom is -0.497 e. The second-order valence-corrected chi connectivity index (χ2v) is 9.28. The summed E-state index contributed by atoms with van der Waals surface area (Å²) in [6, 6.07) is 12.4. The van der Waals surface area contributed by atoms with Crippen molar-refractivity contribution >= 4 is 20.9 Å². The zero-order valence-electron chi connectivity index (χ0n) is 17.5. The molecule has 6 nitrogen and oxygen atoms in total. The van der Waals surface area contributed by atoms with Gasteiger partial charge < -0.3 is 15.0 Å². The summed E-state index contributed by atoms with van der Waals surface area (Å²) in [5.74, 6) is 0.333. The first-order valence-electron chi connectivity index (χ1n) is 9.45. The molecule has 0 bridgehead atoms. The van der Waals surface area contributed by atoms with Crippen LogP contribution < -0.4 is 10.5 Å². The van der Waals surface area contributed by atoms with Gasteiger partial charge in [-0.25, -0.2) is 17.1 Å². The molecule has 0 atom stereocenters. The molecule has 160 valence electrons. The maximum absolute atomic E-state index is 14.3. The number of nitrogens with zero attached hydrogens (tertiary/aromatic N) is 2. The van der Waals surface area contributed by atoms with Crippen LogP contribution in [0.15, 0.2) is 59.3 Å². The molecule has 0 aliphatic heterocycles. The average Bonchev–Trinajstić information content (AvgIpc) is 2.98. The number of ether oxygens (including phenoxy) is 1. The third-order valence-corrected chi connectivity index (χ3v) is 6.89. The number of allylic oxidation sites excluding steroid dienone is 1. The second kappa shape index (κ2) is 8.59. The van der Waals surface area contributed by atoms with Crippen molar-refractivity contribution in [2.75, 3.05) is 27.7 Å². The summed E-state index contributed by atoms with van der Waals surface area (Å²) < 4.78 is 48.0. The number of methoxy groups -OCH3 is 1. The lowest BCUT2D eigenvalue weighted by atomic mass is 10.0. The number of sulfonamides is 1. The fraction of sp³-hybridized carbons (Fsp3) is 0.273. The maximum Gasteiger partial charge on any atom is 0.242 e. The largest absolute Gasteiger partial charge is 0.497 e. The Kier molecular flexibility index (Phi) is 6.30. The van der Waals surface area contributed by atoms with E-state index in [-0.39, 0.29) is 23.8 Å². The second-order valence-electron chi connectivity index (χ2n) is 7.13. The quantitative estimate of drug-likeness (QED) is 0.619. The standard InChI is InChI=1S/C22H26FN3O3S/c1-15-22(16-6-5-7-19(12-16)30(27,28)25(2)3)20-13-18(29-4)8-9-21(20)26(15)14-17(23)10-11-24/h5-10,12-13H,11,14,24H2,1-4H3/b17-10-. The number of hydrogen-bond acceptors (Lipinski definition) is 4. The molecule has 0 unspecified atom stereocenters. The zero-order valence-corrected chi connectivity index (χ0v) is 18.3. The van der Waals surface area contributed by atoms with Gasteiger partial charge >= 0.3 is 0 Å². The summed E-state index contributed by atoms with van der Waals surface area (Å²) in [5, 5.41) is 0.854. The topological polar surface area (TPSA) is 77.6 Å². The van der Waals surface area contributed by atoms with Gasteiger partial charge in [0.25, 0.3) is 0 Å². The predicted octanol–water partition coefficient (Wildman–Crippen LogP) is 3.69. The van der Waals surface area contributed by atoms with Crippen molar-refractivity contribution in [2.45, 2.75) is 18.4 Å². The van der Waals surface area contributed by atoms with Crippen molar-refractivity contribution in [3.05, 3.63) is 60.1 Å². The van der Waals surface area contributed by atoms with Gasteiger partial charge in [-0.3, -0.25) is 0 Å². The molecule has 0 saturated carbocycles. The SMILES string of the molecule is COc1ccc2c(c1)c(-c1cccc(S(=O)(=O)N(C)C)c1)c(C)n2C/C(F)=C/CN.